The number of nitrogens with one attached hydrogen (secondary N) is 4. The largest absolute Gasteiger partial charge is 0.495 e. The number of carbonyl (C=O) groups excluding carboxylic acids is 6. The zero-order valence-corrected chi connectivity index (χ0v) is 35.4. The van der Waals surface area contributed by atoms with Crippen LogP contribution in [-0.2, 0) is 19.1 Å². The number of likely N-dealkylation sites (tertiary alicyclic amines) is 1. The quantitative estimate of drug-likeness (QED) is 0.135. The van der Waals surface area contributed by atoms with Gasteiger partial charge in [-0.2, -0.15) is 13.8 Å². The Morgan fingerprint density at radius 1 is 0.984 bits per heavy atom. The molecule has 5 heterocycles. The van der Waals surface area contributed by atoms with Crippen LogP contribution in [0.15, 0.2) is 36.5 Å². The number of alkyl halides is 2. The molecule has 3 aromatic rings. The molecule has 1 saturated carbocycles. The second kappa shape index (κ2) is 18.4. The molecular weight excluding hydrogens is 842 g/mol. The van der Waals surface area contributed by atoms with Gasteiger partial charge in [-0.15, -0.1) is 0 Å². The van der Waals surface area contributed by atoms with Crippen molar-refractivity contribution in [3.63, 3.8) is 0 Å². The van der Waals surface area contributed by atoms with Crippen molar-refractivity contribution in [2.75, 3.05) is 80.5 Å². The third kappa shape index (κ3) is 8.90. The number of hydrogen-bond acceptors (Lipinski definition) is 14. The molecule has 21 heteroatoms. The van der Waals surface area contributed by atoms with Crippen molar-refractivity contribution in [2.45, 2.75) is 75.4 Å². The van der Waals surface area contributed by atoms with E-state index in [1.54, 1.807) is 12.1 Å². The highest BCUT2D eigenvalue weighted by Crippen LogP contribution is 2.40. The van der Waals surface area contributed by atoms with Gasteiger partial charge in [-0.05, 0) is 50.3 Å². The summed E-state index contributed by atoms with van der Waals surface area (Å²) >= 11 is 0. The van der Waals surface area contributed by atoms with Gasteiger partial charge in [0.25, 0.3) is 23.6 Å². The van der Waals surface area contributed by atoms with Crippen LogP contribution in [0.4, 0.5) is 42.0 Å². The number of benzene rings is 2. The van der Waals surface area contributed by atoms with Crippen LogP contribution in [-0.4, -0.2) is 139 Å². The molecule has 8 rings (SSSR count). The van der Waals surface area contributed by atoms with Crippen molar-refractivity contribution in [3.05, 3.63) is 59.0 Å². The maximum atomic E-state index is 15.6. The highest BCUT2D eigenvalue weighted by Gasteiger charge is 2.49. The van der Waals surface area contributed by atoms with Gasteiger partial charge in [0, 0.05) is 63.5 Å². The lowest BCUT2D eigenvalue weighted by Crippen LogP contribution is -2.54. The second-order valence-corrected chi connectivity index (χ2v) is 16.5. The highest BCUT2D eigenvalue weighted by atomic mass is 19.3. The Kier molecular flexibility index (Phi) is 12.7. The number of nitrogens with zero attached hydrogens (tertiary/aromatic N) is 6. The molecule has 0 spiro atoms. The maximum Gasteiger partial charge on any atom is 0.342 e. The number of amides is 6. The van der Waals surface area contributed by atoms with E-state index in [2.05, 4.69) is 36.1 Å². The molecule has 5 aliphatic rings. The number of imide groups is 2. The molecule has 64 heavy (non-hydrogen) atoms. The average Bonchev–Trinajstić information content (AvgIpc) is 3.89. The summed E-state index contributed by atoms with van der Waals surface area (Å²) in [5.41, 5.74) is 0.808. The first-order valence-corrected chi connectivity index (χ1v) is 21.4. The predicted octanol–water partition coefficient (Wildman–Crippen LogP) is 3.45. The van der Waals surface area contributed by atoms with Gasteiger partial charge in [-0.25, -0.2) is 9.37 Å². The van der Waals surface area contributed by atoms with Crippen molar-refractivity contribution in [1.29, 1.82) is 0 Å². The van der Waals surface area contributed by atoms with Gasteiger partial charge in [0.2, 0.25) is 17.8 Å². The number of rotatable bonds is 14. The fraction of sp³-hybridized carbons (Fsp3) is 0.488. The summed E-state index contributed by atoms with van der Waals surface area (Å²) in [7, 11) is 2.62. The molecule has 1 unspecified atom stereocenters. The summed E-state index contributed by atoms with van der Waals surface area (Å²) in [6.07, 6.45) is 5.70. The molecular formula is C43H49F3N10O8. The number of anilines is 5. The molecule has 3 fully saturated rings. The van der Waals surface area contributed by atoms with E-state index in [0.717, 1.165) is 28.7 Å². The van der Waals surface area contributed by atoms with Gasteiger partial charge < -0.3 is 40.1 Å². The first kappa shape index (κ1) is 44.3. The number of aromatic nitrogens is 2. The van der Waals surface area contributed by atoms with E-state index in [1.165, 1.54) is 37.4 Å². The van der Waals surface area contributed by atoms with Gasteiger partial charge in [-0.3, -0.25) is 39.0 Å². The van der Waals surface area contributed by atoms with E-state index in [0.29, 0.717) is 70.8 Å². The van der Waals surface area contributed by atoms with Crippen LogP contribution in [0.2, 0.25) is 0 Å². The Morgan fingerprint density at radius 3 is 2.48 bits per heavy atom. The smallest absolute Gasteiger partial charge is 0.342 e. The average molecular weight is 891 g/mol. The Labute approximate surface area is 366 Å². The van der Waals surface area contributed by atoms with E-state index in [1.807, 2.05) is 0 Å². The third-order valence-corrected chi connectivity index (χ3v) is 12.4. The Morgan fingerprint density at radius 2 is 1.75 bits per heavy atom. The van der Waals surface area contributed by atoms with Gasteiger partial charge in [0.1, 0.15) is 23.3 Å². The van der Waals surface area contributed by atoms with E-state index < -0.39 is 59.8 Å². The highest BCUT2D eigenvalue weighted by molar-refractivity contribution is 6.25. The number of carbonyl (C=O) groups is 6. The summed E-state index contributed by atoms with van der Waals surface area (Å²) in [6, 6.07) is 5.71. The van der Waals surface area contributed by atoms with Crippen LogP contribution in [0.25, 0.3) is 0 Å². The monoisotopic (exact) mass is 890 g/mol. The summed E-state index contributed by atoms with van der Waals surface area (Å²) in [5, 5.41) is 11.2. The molecule has 1 aliphatic carbocycles. The minimum atomic E-state index is -3.64. The maximum absolute atomic E-state index is 15.6. The first-order valence-electron chi connectivity index (χ1n) is 21.4. The van der Waals surface area contributed by atoms with E-state index >= 15 is 13.2 Å². The summed E-state index contributed by atoms with van der Waals surface area (Å²) in [4.78, 5) is 90.7. The standard InChI is InChI=1S/C43H49F3N10O8/c1-53-32-22-48-42(52-36(32)55(25-6-3-4-7-25)23-43(45,46)41(53)62)50-30-21-28(44)27(20-33(30)63-2)37(58)49-24-12-15-54(16-13-24)17-19-64-18-14-47-29-9-5-8-26-35(29)40(61)56(39(26)60)31-10-11-34(57)51-38(31)59/h5,8-9,20-22,24-25,31,47H,3-4,6-7,10-19,23H2,1-2H3,(H,49,58)(H,48,50,52)(H,51,57,59). The van der Waals surface area contributed by atoms with E-state index in [9.17, 15) is 28.8 Å². The number of methoxy groups -OCH3 is 1. The van der Waals surface area contributed by atoms with Crippen LogP contribution >= 0.6 is 0 Å². The second-order valence-electron chi connectivity index (χ2n) is 16.5. The summed E-state index contributed by atoms with van der Waals surface area (Å²) in [5.74, 6) is -8.48. The zero-order chi connectivity index (χ0) is 45.3. The Bertz CT molecular complexity index is 2360. The molecule has 6 amide bonds. The minimum Gasteiger partial charge on any atom is -0.495 e. The number of piperidine rings is 2. The van der Waals surface area contributed by atoms with Crippen molar-refractivity contribution < 1.29 is 51.4 Å². The molecule has 4 N–H and O–H groups in total. The van der Waals surface area contributed by atoms with Crippen LogP contribution in [0, 0.1) is 5.82 Å². The predicted molar refractivity (Wildman–Crippen MR) is 226 cm³/mol. The minimum absolute atomic E-state index is 0.0341. The number of hydrogen-bond donors (Lipinski definition) is 4. The first-order chi connectivity index (χ1) is 30.7. The lowest BCUT2D eigenvalue weighted by molar-refractivity contribution is -0.140. The van der Waals surface area contributed by atoms with Gasteiger partial charge in [0.05, 0.1) is 55.4 Å². The lowest BCUT2D eigenvalue weighted by atomic mass is 10.0. The fourth-order valence-corrected chi connectivity index (χ4v) is 9.00. The van der Waals surface area contributed by atoms with Crippen molar-refractivity contribution in [3.8, 4) is 5.75 Å². The molecule has 0 bridgehead atoms. The van der Waals surface area contributed by atoms with Crippen LogP contribution in [0.3, 0.4) is 0 Å². The fourth-order valence-electron chi connectivity index (χ4n) is 9.00. The molecule has 1 aromatic heterocycles. The SMILES string of the molecule is COc1cc(C(=O)NC2CCN(CCOCCNc3cccc4c3C(=O)N(C3CCC(=O)NC3=O)C4=O)CC2)c(F)cc1Nc1ncc2c(n1)N(C1CCCC1)CC(F)(F)C(=O)N2C. The molecule has 2 saturated heterocycles. The Balaban J connectivity index is 0.801. The summed E-state index contributed by atoms with van der Waals surface area (Å²) in [6.45, 7) is 2.19. The van der Waals surface area contributed by atoms with Gasteiger partial charge >= 0.3 is 5.92 Å². The van der Waals surface area contributed by atoms with E-state index in [-0.39, 0.29) is 70.5 Å². The lowest BCUT2D eigenvalue weighted by Gasteiger charge is -2.32. The topological polar surface area (TPSA) is 208 Å². The van der Waals surface area contributed by atoms with Gasteiger partial charge in [-0.1, -0.05) is 18.9 Å². The van der Waals surface area contributed by atoms with Crippen molar-refractivity contribution in [2.24, 2.45) is 0 Å². The van der Waals surface area contributed by atoms with Crippen LogP contribution < -0.4 is 35.8 Å². The van der Waals surface area contributed by atoms with Crippen LogP contribution in [0.1, 0.15) is 82.4 Å². The van der Waals surface area contributed by atoms with Gasteiger partial charge in [0.15, 0.2) is 5.82 Å². The van der Waals surface area contributed by atoms with E-state index in [4.69, 9.17) is 9.47 Å². The molecule has 18 nitrogen and oxygen atoms in total. The zero-order valence-electron chi connectivity index (χ0n) is 35.4. The molecule has 0 radical (unpaired) electrons. The number of ether oxygens (including phenoxy) is 2. The molecule has 2 aromatic carbocycles. The molecule has 4 aliphatic heterocycles. The third-order valence-electron chi connectivity index (χ3n) is 12.4. The summed E-state index contributed by atoms with van der Waals surface area (Å²) < 4.78 is 57.0. The normalized spacial score (nSPS) is 20.5. The van der Waals surface area contributed by atoms with Crippen LogP contribution in [0.5, 0.6) is 5.75 Å². The molecule has 1 atom stereocenters. The number of halogens is 3. The Hall–Kier alpha value is -6.35. The van der Waals surface area contributed by atoms with Crippen molar-refractivity contribution in [1.82, 2.24) is 30.4 Å². The van der Waals surface area contributed by atoms with Crippen molar-refractivity contribution >= 4 is 64.3 Å². The number of fused-ring (bicyclic) bond motifs is 2. The molecule has 340 valence electrons.